The number of nitrogens with one attached hydrogen (secondary N) is 2. The molecule has 0 aromatic carbocycles. The molecule has 0 bridgehead atoms. The van der Waals surface area contributed by atoms with E-state index in [2.05, 4.69) is 28.7 Å². The number of rotatable bonds is 7. The minimum atomic E-state index is -0.0946. The molecule has 2 aromatic rings. The Hall–Kier alpha value is -1.92. The van der Waals surface area contributed by atoms with Crippen LogP contribution in [0.3, 0.4) is 0 Å². The van der Waals surface area contributed by atoms with Gasteiger partial charge in [-0.25, -0.2) is 10.8 Å². The van der Waals surface area contributed by atoms with Crippen molar-refractivity contribution < 1.29 is 4.79 Å². The van der Waals surface area contributed by atoms with Crippen LogP contribution in [0, 0.1) is 0 Å². The highest BCUT2D eigenvalue weighted by molar-refractivity contribution is 7.09. The van der Waals surface area contributed by atoms with Crippen molar-refractivity contribution in [2.75, 3.05) is 12.0 Å². The number of anilines is 1. The number of carbonyl (C=O) groups excluding carboxylic acids is 1. The summed E-state index contributed by atoms with van der Waals surface area (Å²) in [5, 5.41) is 4.97. The van der Waals surface area contributed by atoms with Gasteiger partial charge in [0.2, 0.25) is 0 Å². The van der Waals surface area contributed by atoms with Crippen LogP contribution >= 0.6 is 11.3 Å². The Morgan fingerprint density at radius 2 is 2.24 bits per heavy atom. The molecule has 0 spiro atoms. The van der Waals surface area contributed by atoms with Gasteiger partial charge in [0.15, 0.2) is 0 Å². The Morgan fingerprint density at radius 1 is 1.38 bits per heavy atom. The Kier molecular flexibility index (Phi) is 5.71. The van der Waals surface area contributed by atoms with Gasteiger partial charge in [-0.2, -0.15) is 0 Å². The summed E-state index contributed by atoms with van der Waals surface area (Å²) in [5.41, 5.74) is 3.97. The number of aromatic nitrogens is 1. The summed E-state index contributed by atoms with van der Waals surface area (Å²) in [6, 6.07) is 7.57. The minimum absolute atomic E-state index is 0.0946. The molecule has 0 aliphatic carbocycles. The van der Waals surface area contributed by atoms with Crippen molar-refractivity contribution in [2.24, 2.45) is 5.84 Å². The topological polar surface area (TPSA) is 80.0 Å². The third-order valence-electron chi connectivity index (χ3n) is 3.03. The van der Waals surface area contributed by atoms with Gasteiger partial charge < -0.3 is 10.7 Å². The van der Waals surface area contributed by atoms with Crippen LogP contribution in [-0.4, -0.2) is 17.4 Å². The van der Waals surface area contributed by atoms with Crippen LogP contribution in [0.2, 0.25) is 0 Å². The third kappa shape index (κ3) is 4.54. The lowest BCUT2D eigenvalue weighted by Gasteiger charge is -2.09. The van der Waals surface area contributed by atoms with Crippen molar-refractivity contribution in [3.63, 3.8) is 0 Å². The second-order valence-electron chi connectivity index (χ2n) is 4.71. The summed E-state index contributed by atoms with van der Waals surface area (Å²) in [6.45, 7) is 2.70. The van der Waals surface area contributed by atoms with E-state index in [9.17, 15) is 4.79 Å². The molecule has 5 nitrogen and oxygen atoms in total. The maximum atomic E-state index is 12.2. The van der Waals surface area contributed by atoms with Crippen molar-refractivity contribution in [1.82, 2.24) is 10.3 Å². The van der Waals surface area contributed by atoms with Crippen LogP contribution in [0.15, 0.2) is 29.6 Å². The molecular formula is C15H20N4OS. The number of nitrogens with zero attached hydrogens (tertiary/aromatic N) is 1. The highest BCUT2D eigenvalue weighted by atomic mass is 32.1. The van der Waals surface area contributed by atoms with Crippen molar-refractivity contribution in [3.05, 3.63) is 45.8 Å². The molecule has 0 unspecified atom stereocenters. The summed E-state index contributed by atoms with van der Waals surface area (Å²) in [7, 11) is 0. The molecule has 0 radical (unpaired) electrons. The van der Waals surface area contributed by atoms with Gasteiger partial charge >= 0.3 is 0 Å². The van der Waals surface area contributed by atoms with Gasteiger partial charge in [-0.05, 0) is 36.4 Å². The predicted molar refractivity (Wildman–Crippen MR) is 86.4 cm³/mol. The first-order valence-electron chi connectivity index (χ1n) is 7.01. The average Bonchev–Trinajstić information content (AvgIpc) is 3.00. The van der Waals surface area contributed by atoms with Crippen LogP contribution in [0.5, 0.6) is 0 Å². The van der Waals surface area contributed by atoms with E-state index in [1.807, 2.05) is 17.5 Å². The van der Waals surface area contributed by atoms with Gasteiger partial charge in [0.05, 0.1) is 0 Å². The molecule has 1 amide bonds. The molecule has 0 saturated heterocycles. The number of aryl methyl sites for hydroxylation is 1. The SMILES string of the molecule is CCCc1cc(C(=O)NCCc2cccs2)cc(NN)n1. The predicted octanol–water partition coefficient (Wildman–Crippen LogP) is 2.35. The van der Waals surface area contributed by atoms with Crippen LogP contribution < -0.4 is 16.6 Å². The quantitative estimate of drug-likeness (QED) is 0.542. The number of pyridine rings is 1. The van der Waals surface area contributed by atoms with E-state index in [1.54, 1.807) is 17.4 Å². The standard InChI is InChI=1S/C15H20N4OS/c1-2-4-12-9-11(10-14(18-12)19-16)15(20)17-7-6-13-5-3-8-21-13/h3,5,8-10H,2,4,6-7,16H2,1H3,(H,17,20)(H,18,19). The van der Waals surface area contributed by atoms with Crippen molar-refractivity contribution in [1.29, 1.82) is 0 Å². The first-order valence-corrected chi connectivity index (χ1v) is 7.89. The molecule has 4 N–H and O–H groups in total. The van der Waals surface area contributed by atoms with E-state index >= 15 is 0 Å². The third-order valence-corrected chi connectivity index (χ3v) is 3.97. The van der Waals surface area contributed by atoms with Gasteiger partial charge in [-0.15, -0.1) is 11.3 Å². The molecule has 0 aliphatic rings. The van der Waals surface area contributed by atoms with Gasteiger partial charge in [0.1, 0.15) is 5.82 Å². The zero-order valence-electron chi connectivity index (χ0n) is 12.1. The maximum absolute atomic E-state index is 12.2. The Morgan fingerprint density at radius 3 is 2.90 bits per heavy atom. The molecule has 2 rings (SSSR count). The van der Waals surface area contributed by atoms with Gasteiger partial charge in [0.25, 0.3) is 5.91 Å². The van der Waals surface area contributed by atoms with Gasteiger partial charge in [-0.3, -0.25) is 4.79 Å². The van der Waals surface area contributed by atoms with E-state index in [0.29, 0.717) is 17.9 Å². The van der Waals surface area contributed by atoms with E-state index < -0.39 is 0 Å². The molecule has 0 saturated carbocycles. The smallest absolute Gasteiger partial charge is 0.251 e. The lowest BCUT2D eigenvalue weighted by molar-refractivity contribution is 0.0954. The number of carbonyl (C=O) groups is 1. The summed E-state index contributed by atoms with van der Waals surface area (Å²) < 4.78 is 0. The fourth-order valence-electron chi connectivity index (χ4n) is 2.03. The summed E-state index contributed by atoms with van der Waals surface area (Å²) in [5.74, 6) is 5.83. The van der Waals surface area contributed by atoms with Crippen LogP contribution in [0.4, 0.5) is 5.82 Å². The van der Waals surface area contributed by atoms with E-state index in [0.717, 1.165) is 25.0 Å². The molecule has 2 heterocycles. The average molecular weight is 304 g/mol. The normalized spacial score (nSPS) is 10.4. The number of hydrogen-bond donors (Lipinski definition) is 3. The Labute approximate surface area is 128 Å². The number of nitrogen functional groups attached to an aromatic ring is 1. The highest BCUT2D eigenvalue weighted by Crippen LogP contribution is 2.12. The first-order chi connectivity index (χ1) is 10.2. The Bertz CT molecular complexity index is 583. The molecule has 0 fully saturated rings. The second-order valence-corrected chi connectivity index (χ2v) is 5.74. The first kappa shape index (κ1) is 15.5. The van der Waals surface area contributed by atoms with Gasteiger partial charge in [0, 0.05) is 22.7 Å². The fourth-order valence-corrected chi connectivity index (χ4v) is 2.74. The summed E-state index contributed by atoms with van der Waals surface area (Å²) in [6.07, 6.45) is 2.64. The van der Waals surface area contributed by atoms with Crippen LogP contribution in [0.1, 0.15) is 34.3 Å². The maximum Gasteiger partial charge on any atom is 0.251 e. The number of amides is 1. The summed E-state index contributed by atoms with van der Waals surface area (Å²) in [4.78, 5) is 17.8. The largest absolute Gasteiger partial charge is 0.352 e. The van der Waals surface area contributed by atoms with Crippen LogP contribution in [-0.2, 0) is 12.8 Å². The Balaban J connectivity index is 1.98. The monoisotopic (exact) mass is 304 g/mol. The second kappa shape index (κ2) is 7.75. The zero-order chi connectivity index (χ0) is 15.1. The molecule has 21 heavy (non-hydrogen) atoms. The van der Waals surface area contributed by atoms with Crippen molar-refractivity contribution >= 4 is 23.1 Å². The van der Waals surface area contributed by atoms with E-state index in [1.165, 1.54) is 4.88 Å². The van der Waals surface area contributed by atoms with Crippen molar-refractivity contribution in [2.45, 2.75) is 26.2 Å². The van der Waals surface area contributed by atoms with E-state index in [4.69, 9.17) is 5.84 Å². The van der Waals surface area contributed by atoms with E-state index in [-0.39, 0.29) is 5.91 Å². The fraction of sp³-hybridized carbons (Fsp3) is 0.333. The molecule has 112 valence electrons. The van der Waals surface area contributed by atoms with Gasteiger partial charge in [-0.1, -0.05) is 19.4 Å². The number of nitrogens with two attached hydrogens (primary N) is 1. The lowest BCUT2D eigenvalue weighted by Crippen LogP contribution is -2.26. The molecule has 0 atom stereocenters. The zero-order valence-corrected chi connectivity index (χ0v) is 12.9. The lowest BCUT2D eigenvalue weighted by atomic mass is 10.1. The van der Waals surface area contributed by atoms with Crippen LogP contribution in [0.25, 0.3) is 0 Å². The number of thiophene rings is 1. The minimum Gasteiger partial charge on any atom is -0.352 e. The van der Waals surface area contributed by atoms with Crippen molar-refractivity contribution in [3.8, 4) is 0 Å². The highest BCUT2D eigenvalue weighted by Gasteiger charge is 2.09. The molecule has 0 aliphatic heterocycles. The number of hydrogen-bond acceptors (Lipinski definition) is 5. The molecule has 6 heteroatoms. The molecular weight excluding hydrogens is 284 g/mol. The summed E-state index contributed by atoms with van der Waals surface area (Å²) >= 11 is 1.70. The number of hydrazine groups is 1. The molecule has 2 aromatic heterocycles.